The molecule has 0 spiro atoms. The number of nitrogens with two attached hydrogens (primary N) is 1. The van der Waals surface area contributed by atoms with Gasteiger partial charge in [-0.05, 0) is 54.6 Å². The smallest absolute Gasteiger partial charge is 0.347 e. The molecule has 2 aromatic heterocycles. The zero-order valence-electron chi connectivity index (χ0n) is 18.9. The van der Waals surface area contributed by atoms with Gasteiger partial charge in [0.1, 0.15) is 0 Å². The molecule has 0 saturated carbocycles. The molecule has 1 unspecified atom stereocenters. The van der Waals surface area contributed by atoms with Crippen molar-refractivity contribution < 1.29 is 22.6 Å². The van der Waals surface area contributed by atoms with Gasteiger partial charge in [0, 0.05) is 26.4 Å². The first-order chi connectivity index (χ1) is 16.5. The van der Waals surface area contributed by atoms with Crippen LogP contribution in [0.15, 0.2) is 66.9 Å². The lowest BCUT2D eigenvalue weighted by Crippen LogP contribution is -2.45. The third-order valence-corrected chi connectivity index (χ3v) is 7.72. The number of halogens is 4. The van der Waals surface area contributed by atoms with Gasteiger partial charge in [-0.25, -0.2) is 0 Å². The Morgan fingerprint density at radius 1 is 1.09 bits per heavy atom. The first-order valence-corrected chi connectivity index (χ1v) is 12.1. The predicted molar refractivity (Wildman–Crippen MR) is 131 cm³/mol. The number of fused-ring (bicyclic) bond motifs is 1. The zero-order valence-corrected chi connectivity index (χ0v) is 20.5. The van der Waals surface area contributed by atoms with Crippen molar-refractivity contribution >= 4 is 33.0 Å². The molecule has 9 heteroatoms. The highest BCUT2D eigenvalue weighted by atomic mass is 35.5. The maximum Gasteiger partial charge on any atom is 0.424 e. The van der Waals surface area contributed by atoms with Crippen molar-refractivity contribution in [3.05, 3.63) is 87.9 Å². The highest BCUT2D eigenvalue weighted by Gasteiger charge is 2.64. The third kappa shape index (κ3) is 4.23. The number of thiophene rings is 1. The van der Waals surface area contributed by atoms with E-state index >= 15 is 0 Å². The van der Waals surface area contributed by atoms with Gasteiger partial charge < -0.3 is 15.2 Å². The Labute approximate surface area is 209 Å². The van der Waals surface area contributed by atoms with Crippen LogP contribution in [0.5, 0.6) is 0 Å². The summed E-state index contributed by atoms with van der Waals surface area (Å²) in [6, 6.07) is 17.3. The van der Waals surface area contributed by atoms with Crippen molar-refractivity contribution in [3.8, 4) is 11.3 Å². The van der Waals surface area contributed by atoms with Gasteiger partial charge in [-0.1, -0.05) is 48.0 Å². The molecule has 2 N–H and O–H groups in total. The van der Waals surface area contributed by atoms with Crippen molar-refractivity contribution in [1.82, 2.24) is 4.98 Å². The Hall–Kier alpha value is -2.49. The summed E-state index contributed by atoms with van der Waals surface area (Å²) in [5.74, 6) is -1.36. The van der Waals surface area contributed by atoms with Crippen LogP contribution in [0.2, 0.25) is 5.02 Å². The summed E-state index contributed by atoms with van der Waals surface area (Å²) in [5.41, 5.74) is 5.81. The van der Waals surface area contributed by atoms with Gasteiger partial charge in [0.25, 0.3) is 0 Å². The van der Waals surface area contributed by atoms with Gasteiger partial charge in [0.2, 0.25) is 5.60 Å². The number of rotatable bonds is 4. The second-order valence-corrected chi connectivity index (χ2v) is 10.4. The van der Waals surface area contributed by atoms with Crippen molar-refractivity contribution in [3.63, 3.8) is 0 Å². The Morgan fingerprint density at radius 3 is 2.54 bits per heavy atom. The molecule has 1 fully saturated rings. The van der Waals surface area contributed by atoms with Gasteiger partial charge >= 0.3 is 6.18 Å². The SMILES string of the molecule is CC1(C)OCC(c2ccnc(-c3cccc4cc([C@H](N)c5ccccc5Cl)sc34)c2)(C(F)(F)F)O1. The molecule has 1 aliphatic rings. The molecule has 1 aliphatic heterocycles. The second kappa shape index (κ2) is 8.57. The molecule has 1 saturated heterocycles. The molecular weight excluding hydrogens is 497 g/mol. The Kier molecular flexibility index (Phi) is 5.93. The second-order valence-electron chi connectivity index (χ2n) is 8.92. The maximum atomic E-state index is 14.3. The van der Waals surface area contributed by atoms with Crippen LogP contribution in [-0.4, -0.2) is 23.6 Å². The van der Waals surface area contributed by atoms with E-state index in [1.54, 1.807) is 6.07 Å². The fraction of sp³-hybridized carbons (Fsp3) is 0.269. The number of nitrogens with zero attached hydrogens (tertiary/aromatic N) is 1. The van der Waals surface area contributed by atoms with E-state index in [0.717, 1.165) is 20.5 Å². The zero-order chi connectivity index (χ0) is 25.0. The van der Waals surface area contributed by atoms with Crippen LogP contribution in [0.25, 0.3) is 21.3 Å². The quantitative estimate of drug-likeness (QED) is 0.310. The molecule has 182 valence electrons. The Morgan fingerprint density at radius 2 is 1.86 bits per heavy atom. The summed E-state index contributed by atoms with van der Waals surface area (Å²) in [5, 5.41) is 1.50. The van der Waals surface area contributed by atoms with E-state index in [1.807, 2.05) is 42.5 Å². The minimum absolute atomic E-state index is 0.0536. The summed E-state index contributed by atoms with van der Waals surface area (Å²) < 4.78 is 54.5. The monoisotopic (exact) mass is 518 g/mol. The minimum atomic E-state index is -4.68. The topological polar surface area (TPSA) is 57.4 Å². The standard InChI is InChI=1S/C26H22ClF3N2O2S/c1-24(2)33-14-25(34-24,26(28,29)30)16-10-11-32-20(13-16)18-8-5-6-15-12-21(35-23(15)18)22(31)17-7-3-4-9-19(17)27/h3-13,22H,14,31H2,1-2H3/t22-,25?/m1/s1. The highest BCUT2D eigenvalue weighted by Crippen LogP contribution is 2.50. The third-order valence-electron chi connectivity index (χ3n) is 6.11. The van der Waals surface area contributed by atoms with Crippen LogP contribution in [-0.2, 0) is 15.1 Å². The molecule has 3 heterocycles. The van der Waals surface area contributed by atoms with Gasteiger partial charge in [-0.2, -0.15) is 13.2 Å². The molecule has 2 atom stereocenters. The number of hydrogen-bond acceptors (Lipinski definition) is 5. The molecule has 5 rings (SSSR count). The number of hydrogen-bond donors (Lipinski definition) is 1. The summed E-state index contributed by atoms with van der Waals surface area (Å²) in [6.07, 6.45) is -3.31. The number of benzene rings is 2. The summed E-state index contributed by atoms with van der Waals surface area (Å²) >= 11 is 7.82. The van der Waals surface area contributed by atoms with Crippen molar-refractivity contribution in [2.45, 2.75) is 37.5 Å². The van der Waals surface area contributed by atoms with Gasteiger partial charge in [-0.3, -0.25) is 4.98 Å². The average Bonchev–Trinajstić information content (AvgIpc) is 3.40. The molecule has 0 radical (unpaired) electrons. The summed E-state index contributed by atoms with van der Waals surface area (Å²) in [4.78, 5) is 5.28. The van der Waals surface area contributed by atoms with Gasteiger partial charge in [-0.15, -0.1) is 11.3 Å². The van der Waals surface area contributed by atoms with E-state index in [2.05, 4.69) is 4.98 Å². The van der Waals surface area contributed by atoms with Gasteiger partial charge in [0.15, 0.2) is 5.79 Å². The van der Waals surface area contributed by atoms with E-state index in [4.69, 9.17) is 26.8 Å². The molecule has 0 bridgehead atoms. The summed E-state index contributed by atoms with van der Waals surface area (Å²) in [6.45, 7) is 2.31. The number of pyridine rings is 1. The van der Waals surface area contributed by atoms with E-state index in [9.17, 15) is 13.2 Å². The normalized spacial score (nSPS) is 20.9. The molecular formula is C26H22ClF3N2O2S. The van der Waals surface area contributed by atoms with Crippen LogP contribution in [0, 0.1) is 0 Å². The van der Waals surface area contributed by atoms with E-state index < -0.39 is 30.2 Å². The fourth-order valence-electron chi connectivity index (χ4n) is 4.35. The molecule has 35 heavy (non-hydrogen) atoms. The molecule has 4 nitrogen and oxygen atoms in total. The van der Waals surface area contributed by atoms with Gasteiger partial charge in [0.05, 0.1) is 18.3 Å². The molecule has 0 amide bonds. The van der Waals surface area contributed by atoms with Crippen LogP contribution in [0.4, 0.5) is 13.2 Å². The van der Waals surface area contributed by atoms with Crippen LogP contribution >= 0.6 is 22.9 Å². The average molecular weight is 519 g/mol. The summed E-state index contributed by atoms with van der Waals surface area (Å²) in [7, 11) is 0. The van der Waals surface area contributed by atoms with Crippen molar-refractivity contribution in [1.29, 1.82) is 0 Å². The first kappa shape index (κ1) is 24.2. The van der Waals surface area contributed by atoms with E-state index in [1.165, 1.54) is 43.5 Å². The van der Waals surface area contributed by atoms with Crippen LogP contribution in [0.1, 0.15) is 35.9 Å². The van der Waals surface area contributed by atoms with Crippen LogP contribution < -0.4 is 5.73 Å². The molecule has 2 aromatic carbocycles. The van der Waals surface area contributed by atoms with Crippen molar-refractivity contribution in [2.24, 2.45) is 5.73 Å². The predicted octanol–water partition coefficient (Wildman–Crippen LogP) is 7.21. The Balaban J connectivity index is 1.59. The number of aromatic nitrogens is 1. The number of alkyl halides is 3. The number of ether oxygens (including phenoxy) is 2. The van der Waals surface area contributed by atoms with E-state index in [-0.39, 0.29) is 5.56 Å². The Bertz CT molecular complexity index is 1400. The van der Waals surface area contributed by atoms with Crippen LogP contribution in [0.3, 0.4) is 0 Å². The molecule has 0 aliphatic carbocycles. The molecule has 4 aromatic rings. The van der Waals surface area contributed by atoms with E-state index in [0.29, 0.717) is 16.3 Å². The largest absolute Gasteiger partial charge is 0.424 e. The highest BCUT2D eigenvalue weighted by molar-refractivity contribution is 7.19. The lowest BCUT2D eigenvalue weighted by Gasteiger charge is -2.31. The van der Waals surface area contributed by atoms with Crippen molar-refractivity contribution in [2.75, 3.05) is 6.61 Å². The fourth-order valence-corrected chi connectivity index (χ4v) is 5.80. The minimum Gasteiger partial charge on any atom is -0.347 e. The lowest BCUT2D eigenvalue weighted by atomic mass is 9.93. The maximum absolute atomic E-state index is 14.3. The lowest BCUT2D eigenvalue weighted by molar-refractivity contribution is -0.289. The first-order valence-electron chi connectivity index (χ1n) is 10.9.